The first kappa shape index (κ1) is 20.4. The second kappa shape index (κ2) is 9.71. The number of benzene rings is 2. The highest BCUT2D eigenvalue weighted by molar-refractivity contribution is 8.00. The van der Waals surface area contributed by atoms with Crippen LogP contribution < -0.4 is 5.32 Å². The zero-order valence-corrected chi connectivity index (χ0v) is 17.4. The Balaban J connectivity index is 1.66. The van der Waals surface area contributed by atoms with Gasteiger partial charge in [-0.1, -0.05) is 49.0 Å². The number of hydrogen-bond donors (Lipinski definition) is 1. The molecule has 1 atom stereocenters. The smallest absolute Gasteiger partial charge is 0.339 e. The van der Waals surface area contributed by atoms with Gasteiger partial charge in [0.05, 0.1) is 15.8 Å². The van der Waals surface area contributed by atoms with Crippen LogP contribution >= 0.6 is 23.1 Å². The van der Waals surface area contributed by atoms with Crippen molar-refractivity contribution in [3.63, 3.8) is 0 Å². The van der Waals surface area contributed by atoms with Gasteiger partial charge < -0.3 is 10.1 Å². The molecule has 7 heteroatoms. The van der Waals surface area contributed by atoms with Crippen LogP contribution in [0.2, 0.25) is 0 Å². The second-order valence-electron chi connectivity index (χ2n) is 6.23. The van der Waals surface area contributed by atoms with Gasteiger partial charge >= 0.3 is 5.97 Å². The van der Waals surface area contributed by atoms with Gasteiger partial charge in [0.15, 0.2) is 10.4 Å². The number of aromatic nitrogens is 1. The molecule has 2 aromatic carbocycles. The Bertz CT molecular complexity index is 938. The summed E-state index contributed by atoms with van der Waals surface area (Å²) in [4.78, 5) is 29.1. The highest BCUT2D eigenvalue weighted by atomic mass is 32.2. The topological polar surface area (TPSA) is 68.3 Å². The minimum Gasteiger partial charge on any atom is -0.449 e. The Morgan fingerprint density at radius 2 is 1.93 bits per heavy atom. The quantitative estimate of drug-likeness (QED) is 0.429. The number of carbonyl (C=O) groups excluding carboxylic acids is 2. The maximum Gasteiger partial charge on any atom is 0.339 e. The molecule has 1 N–H and O–H groups in total. The van der Waals surface area contributed by atoms with E-state index in [9.17, 15) is 9.59 Å². The minimum atomic E-state index is -0.830. The Morgan fingerprint density at radius 3 is 2.71 bits per heavy atom. The molecule has 0 unspecified atom stereocenters. The van der Waals surface area contributed by atoms with E-state index in [1.165, 1.54) is 0 Å². The van der Waals surface area contributed by atoms with Crippen molar-refractivity contribution in [2.75, 3.05) is 6.54 Å². The van der Waals surface area contributed by atoms with E-state index >= 15 is 0 Å². The predicted molar refractivity (Wildman–Crippen MR) is 114 cm³/mol. The van der Waals surface area contributed by atoms with Gasteiger partial charge in [0.25, 0.3) is 5.91 Å². The molecule has 1 heterocycles. The Labute approximate surface area is 172 Å². The molecule has 0 aliphatic rings. The van der Waals surface area contributed by atoms with E-state index in [2.05, 4.69) is 10.3 Å². The molecule has 0 saturated heterocycles. The van der Waals surface area contributed by atoms with Crippen LogP contribution in [-0.4, -0.2) is 29.5 Å². The number of hydrogen-bond acceptors (Lipinski definition) is 6. The zero-order valence-electron chi connectivity index (χ0n) is 15.8. The van der Waals surface area contributed by atoms with Crippen molar-refractivity contribution in [2.24, 2.45) is 0 Å². The van der Waals surface area contributed by atoms with Crippen LogP contribution in [0.5, 0.6) is 0 Å². The molecule has 1 amide bonds. The van der Waals surface area contributed by atoms with Crippen molar-refractivity contribution >= 4 is 45.2 Å². The number of para-hydroxylation sites is 1. The summed E-state index contributed by atoms with van der Waals surface area (Å²) in [5.74, 6) is -0.169. The van der Waals surface area contributed by atoms with Crippen LogP contribution in [0, 0.1) is 0 Å². The summed E-state index contributed by atoms with van der Waals surface area (Å²) in [6.07, 6.45) is 0.00197. The van der Waals surface area contributed by atoms with Gasteiger partial charge in [0.2, 0.25) is 0 Å². The van der Waals surface area contributed by atoms with Crippen LogP contribution in [-0.2, 0) is 15.3 Å². The highest BCUT2D eigenvalue weighted by Crippen LogP contribution is 2.32. The van der Waals surface area contributed by atoms with E-state index in [1.54, 1.807) is 42.2 Å². The van der Waals surface area contributed by atoms with Crippen molar-refractivity contribution in [1.82, 2.24) is 10.3 Å². The number of nitrogens with one attached hydrogen (secondary N) is 1. The molecular formula is C21H22N2O3S2. The molecule has 0 aliphatic heterocycles. The molecule has 28 heavy (non-hydrogen) atoms. The molecule has 146 valence electrons. The van der Waals surface area contributed by atoms with Crippen LogP contribution in [0.4, 0.5) is 0 Å². The summed E-state index contributed by atoms with van der Waals surface area (Å²) in [6, 6.07) is 15.3. The van der Waals surface area contributed by atoms with Gasteiger partial charge in [-0.2, -0.15) is 0 Å². The molecule has 3 rings (SSSR count). The molecule has 0 radical (unpaired) electrons. The summed E-state index contributed by atoms with van der Waals surface area (Å²) < 4.78 is 7.46. The summed E-state index contributed by atoms with van der Waals surface area (Å²) in [5, 5.41) is 2.74. The second-order valence-corrected chi connectivity index (χ2v) is 8.49. The van der Waals surface area contributed by atoms with Crippen molar-refractivity contribution in [2.45, 2.75) is 36.5 Å². The molecule has 0 aliphatic carbocycles. The number of thioether (sulfide) groups is 1. The van der Waals surface area contributed by atoms with Crippen LogP contribution in [0.1, 0.15) is 36.2 Å². The maximum absolute atomic E-state index is 12.6. The third-order valence-corrected chi connectivity index (χ3v) is 6.29. The first-order chi connectivity index (χ1) is 13.6. The van der Waals surface area contributed by atoms with Crippen LogP contribution in [0.15, 0.2) is 52.9 Å². The average Bonchev–Trinajstić information content (AvgIpc) is 3.13. The van der Waals surface area contributed by atoms with E-state index < -0.39 is 12.1 Å². The number of ether oxygens (including phenoxy) is 1. The van der Waals surface area contributed by atoms with E-state index in [0.717, 1.165) is 26.5 Å². The predicted octanol–water partition coefficient (Wildman–Crippen LogP) is 4.66. The Hall–Kier alpha value is -2.38. The standard InChI is InChI=1S/C21H22N2O3S2/c1-3-12-22-19(24)14(2)26-20(25)16-9-5-4-8-15(16)13-27-21-23-17-10-6-7-11-18(17)28-21/h4-11,14H,3,12-13H2,1-2H3,(H,22,24)/t14-/m0/s1. The van der Waals surface area contributed by atoms with Gasteiger partial charge in [0, 0.05) is 12.3 Å². The van der Waals surface area contributed by atoms with Crippen molar-refractivity contribution in [1.29, 1.82) is 0 Å². The third-order valence-electron chi connectivity index (χ3n) is 4.06. The number of thiazole rings is 1. The zero-order chi connectivity index (χ0) is 19.9. The molecule has 1 aromatic heterocycles. The lowest BCUT2D eigenvalue weighted by atomic mass is 10.1. The lowest BCUT2D eigenvalue weighted by Crippen LogP contribution is -2.36. The van der Waals surface area contributed by atoms with Crippen LogP contribution in [0.25, 0.3) is 10.2 Å². The number of amides is 1. The Kier molecular flexibility index (Phi) is 7.06. The summed E-state index contributed by atoms with van der Waals surface area (Å²) in [6.45, 7) is 4.12. The number of esters is 1. The lowest BCUT2D eigenvalue weighted by molar-refractivity contribution is -0.129. The largest absolute Gasteiger partial charge is 0.449 e. The molecule has 0 fully saturated rings. The fraction of sp³-hybridized carbons (Fsp3) is 0.286. The summed E-state index contributed by atoms with van der Waals surface area (Å²) in [7, 11) is 0. The lowest BCUT2D eigenvalue weighted by Gasteiger charge is -2.14. The fourth-order valence-corrected chi connectivity index (χ4v) is 4.64. The van der Waals surface area contributed by atoms with Crippen molar-refractivity contribution in [3.8, 4) is 0 Å². The monoisotopic (exact) mass is 414 g/mol. The van der Waals surface area contributed by atoms with E-state index in [-0.39, 0.29) is 5.91 Å². The highest BCUT2D eigenvalue weighted by Gasteiger charge is 2.20. The number of rotatable bonds is 8. The fourth-order valence-electron chi connectivity index (χ4n) is 2.57. The Morgan fingerprint density at radius 1 is 1.18 bits per heavy atom. The first-order valence-electron chi connectivity index (χ1n) is 9.13. The SMILES string of the molecule is CCCNC(=O)[C@H](C)OC(=O)c1ccccc1CSc1nc2ccccc2s1. The van der Waals surface area contributed by atoms with Gasteiger partial charge in [-0.05, 0) is 37.1 Å². The summed E-state index contributed by atoms with van der Waals surface area (Å²) in [5.41, 5.74) is 2.32. The van der Waals surface area contributed by atoms with Gasteiger partial charge in [-0.3, -0.25) is 4.79 Å². The number of carbonyl (C=O) groups is 2. The first-order valence-corrected chi connectivity index (χ1v) is 10.9. The minimum absolute atomic E-state index is 0.281. The average molecular weight is 415 g/mol. The van der Waals surface area contributed by atoms with Gasteiger partial charge in [-0.15, -0.1) is 11.3 Å². The molecule has 3 aromatic rings. The number of nitrogens with zero attached hydrogens (tertiary/aromatic N) is 1. The summed E-state index contributed by atoms with van der Waals surface area (Å²) >= 11 is 3.22. The maximum atomic E-state index is 12.6. The van der Waals surface area contributed by atoms with Crippen molar-refractivity contribution < 1.29 is 14.3 Å². The van der Waals surface area contributed by atoms with E-state index in [4.69, 9.17) is 4.74 Å². The van der Waals surface area contributed by atoms with Crippen molar-refractivity contribution in [3.05, 3.63) is 59.7 Å². The van der Waals surface area contributed by atoms with Gasteiger partial charge in [-0.25, -0.2) is 9.78 Å². The van der Waals surface area contributed by atoms with E-state index in [1.807, 2.05) is 43.3 Å². The molecule has 0 spiro atoms. The van der Waals surface area contributed by atoms with Crippen LogP contribution in [0.3, 0.4) is 0 Å². The number of fused-ring (bicyclic) bond motifs is 1. The molecule has 5 nitrogen and oxygen atoms in total. The normalized spacial score (nSPS) is 11.9. The molecule has 0 saturated carbocycles. The molecular weight excluding hydrogens is 392 g/mol. The molecule has 0 bridgehead atoms. The van der Waals surface area contributed by atoms with E-state index in [0.29, 0.717) is 17.9 Å². The third kappa shape index (κ3) is 5.11. The van der Waals surface area contributed by atoms with Gasteiger partial charge in [0.1, 0.15) is 0 Å².